The Hall–Kier alpha value is -2.86. The summed E-state index contributed by atoms with van der Waals surface area (Å²) in [5.74, 6) is 0.876. The predicted molar refractivity (Wildman–Crippen MR) is 110 cm³/mol. The molecule has 0 saturated carbocycles. The van der Waals surface area contributed by atoms with Crippen LogP contribution in [0.1, 0.15) is 24.2 Å². The molecule has 2 aromatic carbocycles. The number of para-hydroxylation sites is 2. The Morgan fingerprint density at radius 2 is 1.86 bits per heavy atom. The van der Waals surface area contributed by atoms with Crippen LogP contribution in [0, 0.1) is 0 Å². The number of nitrogens with one attached hydrogen (secondary N) is 2. The van der Waals surface area contributed by atoms with E-state index in [0.29, 0.717) is 24.4 Å². The third kappa shape index (κ3) is 5.10. The minimum atomic E-state index is -0.0288. The van der Waals surface area contributed by atoms with E-state index in [1.165, 1.54) is 11.8 Å². The average Bonchev–Trinajstić information content (AvgIpc) is 2.69. The number of benzene rings is 2. The molecule has 1 heterocycles. The molecule has 2 N–H and O–H groups in total. The van der Waals surface area contributed by atoms with E-state index < -0.39 is 0 Å². The van der Waals surface area contributed by atoms with Crippen molar-refractivity contribution >= 4 is 23.1 Å². The molecular weight excluding hydrogens is 354 g/mol. The maximum atomic E-state index is 12.4. The molecule has 0 bridgehead atoms. The summed E-state index contributed by atoms with van der Waals surface area (Å²) in [5, 5.41) is 2.91. The minimum Gasteiger partial charge on any atom is -0.492 e. The Bertz CT molecular complexity index is 829. The molecule has 1 aliphatic heterocycles. The van der Waals surface area contributed by atoms with Crippen LogP contribution in [0.3, 0.4) is 0 Å². The van der Waals surface area contributed by atoms with Gasteiger partial charge in [-0.3, -0.25) is 9.59 Å². The number of piperazine rings is 1. The summed E-state index contributed by atoms with van der Waals surface area (Å²) in [5.41, 5.74) is 2.39. The van der Waals surface area contributed by atoms with E-state index in [-0.39, 0.29) is 11.7 Å². The first kappa shape index (κ1) is 19.9. The summed E-state index contributed by atoms with van der Waals surface area (Å²) in [6, 6.07) is 15.2. The zero-order valence-corrected chi connectivity index (χ0v) is 16.5. The lowest BCUT2D eigenvalue weighted by Gasteiger charge is -2.34. The molecule has 1 fully saturated rings. The Morgan fingerprint density at radius 1 is 1.11 bits per heavy atom. The molecule has 1 aliphatic rings. The molecule has 0 aromatic heterocycles. The van der Waals surface area contributed by atoms with E-state index in [9.17, 15) is 9.59 Å². The van der Waals surface area contributed by atoms with Crippen molar-refractivity contribution in [3.05, 3.63) is 54.1 Å². The number of anilines is 2. The van der Waals surface area contributed by atoms with E-state index in [4.69, 9.17) is 4.74 Å². The van der Waals surface area contributed by atoms with Gasteiger partial charge in [-0.15, -0.1) is 0 Å². The molecule has 28 heavy (non-hydrogen) atoms. The summed E-state index contributed by atoms with van der Waals surface area (Å²) in [7, 11) is 0. The molecule has 0 unspecified atom stereocenters. The van der Waals surface area contributed by atoms with E-state index in [1.807, 2.05) is 31.2 Å². The summed E-state index contributed by atoms with van der Waals surface area (Å²) in [4.78, 5) is 27.5. The van der Waals surface area contributed by atoms with Gasteiger partial charge in [0.2, 0.25) is 0 Å². The fourth-order valence-electron chi connectivity index (χ4n) is 3.48. The van der Waals surface area contributed by atoms with Gasteiger partial charge in [-0.05, 0) is 38.1 Å². The van der Waals surface area contributed by atoms with Crippen LogP contribution in [-0.2, 0) is 4.79 Å². The molecule has 6 nitrogen and oxygen atoms in total. The molecule has 0 radical (unpaired) electrons. The Morgan fingerprint density at radius 3 is 2.57 bits per heavy atom. The minimum absolute atomic E-state index is 0.00909. The fourth-order valence-corrected chi connectivity index (χ4v) is 3.48. The standard InChI is InChI=1S/C22H27N3O3/c1-3-28-21-10-5-4-9-20(21)25-13-11-24(12-14-25)16-22(27)23-19-8-6-7-18(15-19)17(2)26/h4-10,15H,3,11-14,16H2,1-2H3,(H,23,27)/p+1. The Kier molecular flexibility index (Phi) is 6.66. The van der Waals surface area contributed by atoms with Crippen molar-refractivity contribution in [3.8, 4) is 5.75 Å². The molecular formula is C22H28N3O3+. The smallest absolute Gasteiger partial charge is 0.279 e. The molecule has 3 rings (SSSR count). The Balaban J connectivity index is 1.52. The first-order valence-corrected chi connectivity index (χ1v) is 9.78. The molecule has 1 saturated heterocycles. The van der Waals surface area contributed by atoms with E-state index in [0.717, 1.165) is 37.6 Å². The van der Waals surface area contributed by atoms with Crippen LogP contribution in [0.5, 0.6) is 5.75 Å². The van der Waals surface area contributed by atoms with Crippen LogP contribution in [0.25, 0.3) is 0 Å². The van der Waals surface area contributed by atoms with Gasteiger partial charge in [0, 0.05) is 11.3 Å². The maximum Gasteiger partial charge on any atom is 0.279 e. The number of quaternary nitrogens is 1. The van der Waals surface area contributed by atoms with E-state index in [1.54, 1.807) is 18.2 Å². The second-order valence-corrected chi connectivity index (χ2v) is 7.00. The van der Waals surface area contributed by atoms with Crippen molar-refractivity contribution in [1.82, 2.24) is 0 Å². The summed E-state index contributed by atoms with van der Waals surface area (Å²) >= 11 is 0. The summed E-state index contributed by atoms with van der Waals surface area (Å²) in [6.07, 6.45) is 0. The highest BCUT2D eigenvalue weighted by Crippen LogP contribution is 2.27. The normalized spacial score (nSPS) is 14.6. The zero-order chi connectivity index (χ0) is 19.9. The van der Waals surface area contributed by atoms with Gasteiger partial charge in [0.1, 0.15) is 5.75 Å². The van der Waals surface area contributed by atoms with Crippen molar-refractivity contribution < 1.29 is 19.2 Å². The molecule has 0 aliphatic carbocycles. The fraction of sp³-hybridized carbons (Fsp3) is 0.364. The molecule has 2 aromatic rings. The Labute approximate surface area is 166 Å². The molecule has 148 valence electrons. The number of carbonyl (C=O) groups is 2. The van der Waals surface area contributed by atoms with E-state index in [2.05, 4.69) is 16.3 Å². The molecule has 0 spiro atoms. The van der Waals surface area contributed by atoms with Crippen LogP contribution in [0.2, 0.25) is 0 Å². The van der Waals surface area contributed by atoms with Gasteiger partial charge in [-0.2, -0.15) is 0 Å². The first-order chi connectivity index (χ1) is 13.6. The third-order valence-corrected chi connectivity index (χ3v) is 4.94. The lowest BCUT2D eigenvalue weighted by atomic mass is 10.1. The largest absolute Gasteiger partial charge is 0.492 e. The van der Waals surface area contributed by atoms with Gasteiger partial charge in [-0.25, -0.2) is 0 Å². The number of nitrogens with zero attached hydrogens (tertiary/aromatic N) is 1. The van der Waals surface area contributed by atoms with Crippen LogP contribution in [0.15, 0.2) is 48.5 Å². The van der Waals surface area contributed by atoms with Gasteiger partial charge in [0.15, 0.2) is 12.3 Å². The van der Waals surface area contributed by atoms with Crippen LogP contribution in [0.4, 0.5) is 11.4 Å². The topological polar surface area (TPSA) is 63.1 Å². The number of amides is 1. The monoisotopic (exact) mass is 382 g/mol. The number of rotatable bonds is 7. The van der Waals surface area contributed by atoms with Gasteiger partial charge in [0.05, 0.1) is 38.5 Å². The van der Waals surface area contributed by atoms with Crippen molar-refractivity contribution in [2.45, 2.75) is 13.8 Å². The summed E-state index contributed by atoms with van der Waals surface area (Å²) in [6.45, 7) is 8.12. The number of ketones is 1. The van der Waals surface area contributed by atoms with Gasteiger partial charge in [0.25, 0.3) is 5.91 Å². The highest BCUT2D eigenvalue weighted by atomic mass is 16.5. The maximum absolute atomic E-state index is 12.4. The van der Waals surface area contributed by atoms with Gasteiger partial charge >= 0.3 is 0 Å². The van der Waals surface area contributed by atoms with E-state index >= 15 is 0 Å². The number of hydrogen-bond acceptors (Lipinski definition) is 4. The highest BCUT2D eigenvalue weighted by Gasteiger charge is 2.24. The van der Waals surface area contributed by atoms with Crippen LogP contribution >= 0.6 is 0 Å². The number of Topliss-reactive ketones (excluding diaryl/α,β-unsaturated/α-hetero) is 1. The number of carbonyl (C=O) groups excluding carboxylic acids is 2. The van der Waals surface area contributed by atoms with Crippen LogP contribution < -0.4 is 19.9 Å². The van der Waals surface area contributed by atoms with Crippen molar-refractivity contribution in [2.75, 3.05) is 49.5 Å². The third-order valence-electron chi connectivity index (χ3n) is 4.94. The lowest BCUT2D eigenvalue weighted by molar-refractivity contribution is -0.892. The number of hydrogen-bond donors (Lipinski definition) is 2. The first-order valence-electron chi connectivity index (χ1n) is 9.78. The second kappa shape index (κ2) is 9.37. The van der Waals surface area contributed by atoms with Gasteiger partial charge in [-0.1, -0.05) is 24.3 Å². The van der Waals surface area contributed by atoms with Gasteiger partial charge < -0.3 is 19.9 Å². The zero-order valence-electron chi connectivity index (χ0n) is 16.5. The quantitative estimate of drug-likeness (QED) is 0.715. The molecule has 1 amide bonds. The SMILES string of the molecule is CCOc1ccccc1N1CC[NH+](CC(=O)Nc2cccc(C(C)=O)c2)CC1. The second-order valence-electron chi connectivity index (χ2n) is 7.00. The molecule has 6 heteroatoms. The number of ether oxygens (including phenoxy) is 1. The lowest BCUT2D eigenvalue weighted by Crippen LogP contribution is -3.15. The predicted octanol–water partition coefficient (Wildman–Crippen LogP) is 1.63. The van der Waals surface area contributed by atoms with Crippen molar-refractivity contribution in [1.29, 1.82) is 0 Å². The average molecular weight is 382 g/mol. The van der Waals surface area contributed by atoms with Crippen molar-refractivity contribution in [3.63, 3.8) is 0 Å². The van der Waals surface area contributed by atoms with Crippen molar-refractivity contribution in [2.24, 2.45) is 0 Å². The summed E-state index contributed by atoms with van der Waals surface area (Å²) < 4.78 is 5.74. The van der Waals surface area contributed by atoms with Crippen LogP contribution in [-0.4, -0.2) is 51.0 Å². The highest BCUT2D eigenvalue weighted by molar-refractivity contribution is 5.97. The molecule has 0 atom stereocenters.